The van der Waals surface area contributed by atoms with Gasteiger partial charge in [-0.2, -0.15) is 0 Å². The second-order valence-electron chi connectivity index (χ2n) is 9.23. The Hall–Kier alpha value is -1.73. The lowest BCUT2D eigenvalue weighted by Gasteiger charge is -2.37. The van der Waals surface area contributed by atoms with Crippen molar-refractivity contribution in [1.82, 2.24) is 4.90 Å². The van der Waals surface area contributed by atoms with E-state index in [9.17, 15) is 4.79 Å². The number of hydrogen-bond donors (Lipinski definition) is 0. The molecule has 1 aromatic rings. The predicted molar refractivity (Wildman–Crippen MR) is 117 cm³/mol. The second kappa shape index (κ2) is 7.51. The van der Waals surface area contributed by atoms with Gasteiger partial charge in [-0.3, -0.25) is 0 Å². The zero-order valence-electron chi connectivity index (χ0n) is 26.3. The molecule has 0 saturated carbocycles. The molecule has 1 aromatic carbocycles. The molecule has 0 radical (unpaired) electrons. The van der Waals surface area contributed by atoms with Gasteiger partial charge >= 0.3 is 13.2 Å². The van der Waals surface area contributed by atoms with Crippen LogP contribution in [-0.4, -0.2) is 60.9 Å². The highest BCUT2D eigenvalue weighted by Gasteiger charge is 2.52. The van der Waals surface area contributed by atoms with E-state index < -0.39 is 56.0 Å². The van der Waals surface area contributed by atoms with Gasteiger partial charge in [0.05, 0.1) is 22.2 Å². The summed E-state index contributed by atoms with van der Waals surface area (Å²) < 4.78 is 85.7. The number of carbonyl (C=O) groups excluding carboxylic acids is 1. The summed E-state index contributed by atoms with van der Waals surface area (Å²) in [5.74, 6) is 0. The molecule has 0 unspecified atom stereocenters. The maximum atomic E-state index is 12.9. The molecule has 0 spiro atoms. The summed E-state index contributed by atoms with van der Waals surface area (Å²) in [6.07, 6.45) is -1.51. The Balaban J connectivity index is 2.09. The minimum absolute atomic E-state index is 0.118. The van der Waals surface area contributed by atoms with Crippen molar-refractivity contribution in [1.29, 1.82) is 0 Å². The molecule has 0 atom stereocenters. The van der Waals surface area contributed by atoms with Gasteiger partial charge in [-0.05, 0) is 78.5 Å². The molecule has 2 aliphatic rings. The third-order valence-corrected chi connectivity index (χ3v) is 5.14. The van der Waals surface area contributed by atoms with E-state index in [2.05, 4.69) is 0 Å². The molecule has 2 fully saturated rings. The number of amides is 1. The Kier molecular flexibility index (Phi) is 3.51. The average Bonchev–Trinajstić information content (AvgIpc) is 2.85. The molecule has 2 aliphatic heterocycles. The summed E-state index contributed by atoms with van der Waals surface area (Å²) in [6, 6.07) is 4.34. The highest BCUT2D eigenvalue weighted by Crippen LogP contribution is 2.36. The second-order valence-corrected chi connectivity index (χ2v) is 9.23. The number of rotatable bonds is 2. The first-order valence-corrected chi connectivity index (χ1v) is 9.61. The molecule has 2 saturated heterocycles. The summed E-state index contributed by atoms with van der Waals surface area (Å²) in [6.45, 7) is 0.652. The summed E-state index contributed by atoms with van der Waals surface area (Å²) in [4.78, 5) is 13.1. The monoisotopic (exact) mass is 410 g/mol. The Labute approximate surface area is 186 Å². The normalized spacial score (nSPS) is 32.5. The van der Waals surface area contributed by atoms with E-state index >= 15 is 0 Å². The number of ether oxygens (including phenoxy) is 1. The van der Waals surface area contributed by atoms with Crippen LogP contribution in [0.15, 0.2) is 18.2 Å². The number of carbonyl (C=O) groups is 1. The molecule has 1 amide bonds. The van der Waals surface area contributed by atoms with Crippen LogP contribution in [0.2, 0.25) is 0 Å². The van der Waals surface area contributed by atoms with Crippen molar-refractivity contribution in [3.63, 3.8) is 0 Å². The Bertz CT molecular complexity index is 1050. The fraction of sp³-hybridized carbons (Fsp3) is 0.682. The third-order valence-electron chi connectivity index (χ3n) is 5.14. The highest BCUT2D eigenvalue weighted by molar-refractivity contribution is 6.62. The van der Waals surface area contributed by atoms with Crippen molar-refractivity contribution >= 4 is 24.4 Å². The van der Waals surface area contributed by atoms with Crippen molar-refractivity contribution in [3.05, 3.63) is 23.8 Å². The van der Waals surface area contributed by atoms with Crippen LogP contribution in [0.25, 0.3) is 0 Å². The summed E-state index contributed by atoms with van der Waals surface area (Å²) in [5.41, 5.74) is -1.34. The van der Waals surface area contributed by atoms with Crippen molar-refractivity contribution < 1.29 is 29.8 Å². The van der Waals surface area contributed by atoms with E-state index in [1.807, 2.05) is 27.7 Å². The van der Waals surface area contributed by atoms with Crippen LogP contribution in [0.3, 0.4) is 0 Å². The molecule has 3 rings (SSSR count). The topological polar surface area (TPSA) is 51.2 Å². The van der Waals surface area contributed by atoms with Gasteiger partial charge in [0.25, 0.3) is 0 Å². The molecule has 2 heterocycles. The molecule has 0 aliphatic carbocycles. The van der Waals surface area contributed by atoms with E-state index in [-0.39, 0.29) is 10.6 Å². The fourth-order valence-corrected chi connectivity index (χ4v) is 2.82. The summed E-state index contributed by atoms with van der Waals surface area (Å²) in [7, 11) is -0.741. The first-order valence-electron chi connectivity index (χ1n) is 13.6. The largest absolute Gasteiger partial charge is 0.495 e. The van der Waals surface area contributed by atoms with Crippen LogP contribution in [0.5, 0.6) is 0 Å². The fourth-order valence-electron chi connectivity index (χ4n) is 2.82. The first kappa shape index (κ1) is 13.6. The van der Waals surface area contributed by atoms with Crippen molar-refractivity contribution in [2.24, 2.45) is 0 Å². The van der Waals surface area contributed by atoms with Gasteiger partial charge in [0.2, 0.25) is 0 Å². The number of aryl methyl sites for hydroxylation is 1. The van der Waals surface area contributed by atoms with Crippen LogP contribution >= 0.6 is 0 Å². The molecule has 0 bridgehead atoms. The molecule has 0 aromatic heterocycles. The average molecular weight is 410 g/mol. The molecule has 0 N–H and O–H groups in total. The van der Waals surface area contributed by atoms with E-state index in [1.54, 1.807) is 13.0 Å². The molecule has 7 heteroatoms. The molecule has 29 heavy (non-hydrogen) atoms. The van der Waals surface area contributed by atoms with Crippen LogP contribution in [0.4, 0.5) is 10.5 Å². The van der Waals surface area contributed by atoms with E-state index in [1.165, 1.54) is 32.9 Å². The lowest BCUT2D eigenvalue weighted by molar-refractivity contribution is 0.00578. The van der Waals surface area contributed by atoms with E-state index in [0.29, 0.717) is 15.9 Å². The zero-order valence-corrected chi connectivity index (χ0v) is 18.3. The van der Waals surface area contributed by atoms with Crippen LogP contribution in [0.1, 0.15) is 65.0 Å². The van der Waals surface area contributed by atoms with Crippen molar-refractivity contribution in [3.8, 4) is 0 Å². The van der Waals surface area contributed by atoms with Crippen LogP contribution in [-0.2, 0) is 14.0 Å². The lowest BCUT2D eigenvalue weighted by atomic mass is 9.76. The number of benzene rings is 1. The quantitative estimate of drug-likeness (QED) is 0.700. The smallest absolute Gasteiger partial charge is 0.444 e. The molecule has 160 valence electrons. The Morgan fingerprint density at radius 1 is 1.10 bits per heavy atom. The van der Waals surface area contributed by atoms with Gasteiger partial charge in [0.1, 0.15) is 5.60 Å². The summed E-state index contributed by atoms with van der Waals surface area (Å²) >= 11 is 0. The molecular weight excluding hydrogens is 367 g/mol. The Morgan fingerprint density at radius 2 is 1.66 bits per heavy atom. The van der Waals surface area contributed by atoms with Crippen LogP contribution < -0.4 is 10.4 Å². The maximum Gasteiger partial charge on any atom is 0.495 e. The SMILES string of the molecule is [2H]C1([2H])N(C(=O)OC(C)(C)C)C([2H])([2H])C([2H])([2H])N(c2ccc(B3OC(C)(C)C(C)(C)O3)c(C)c2)C1([2H])[2H]. The van der Waals surface area contributed by atoms with Gasteiger partial charge in [-0.1, -0.05) is 6.07 Å². The summed E-state index contributed by atoms with van der Waals surface area (Å²) in [5, 5.41) is 0. The number of anilines is 1. The van der Waals surface area contributed by atoms with Crippen molar-refractivity contribution in [2.75, 3.05) is 30.9 Å². The van der Waals surface area contributed by atoms with Gasteiger partial charge in [-0.25, -0.2) is 4.79 Å². The first-order chi connectivity index (χ1) is 16.3. The minimum Gasteiger partial charge on any atom is -0.444 e. The lowest BCUT2D eigenvalue weighted by Crippen LogP contribution is -2.50. The molecular formula is C22H35BN2O4. The third kappa shape index (κ3) is 4.72. The van der Waals surface area contributed by atoms with Gasteiger partial charge in [-0.15, -0.1) is 0 Å². The van der Waals surface area contributed by atoms with E-state index in [4.69, 9.17) is 25.0 Å². The number of hydrogen-bond acceptors (Lipinski definition) is 5. The highest BCUT2D eigenvalue weighted by atomic mass is 16.7. The zero-order chi connectivity index (χ0) is 28.8. The Morgan fingerprint density at radius 3 is 2.14 bits per heavy atom. The maximum absolute atomic E-state index is 12.9. The number of piperazine rings is 1. The standard InChI is InChI=1S/C22H35BN2O4/c1-16-15-17(9-10-18(16)23-28-21(5,6)22(7,8)29-23)24-11-13-25(14-12-24)19(26)27-20(2,3)4/h9-10,15H,11-14H2,1-8H3/i11D2,12D2,13D2,14D2. The number of nitrogens with zero attached hydrogens (tertiary/aromatic N) is 2. The molecule has 6 nitrogen and oxygen atoms in total. The predicted octanol–water partition coefficient (Wildman–Crippen LogP) is 3.35. The van der Waals surface area contributed by atoms with Crippen molar-refractivity contribution in [2.45, 2.75) is 72.2 Å². The van der Waals surface area contributed by atoms with Gasteiger partial charge in [0, 0.05) is 31.7 Å². The van der Waals surface area contributed by atoms with E-state index in [0.717, 1.165) is 0 Å². The van der Waals surface area contributed by atoms with Crippen LogP contribution in [0, 0.1) is 6.92 Å². The van der Waals surface area contributed by atoms with Gasteiger partial charge < -0.3 is 23.8 Å². The van der Waals surface area contributed by atoms with Gasteiger partial charge in [0.15, 0.2) is 0 Å². The minimum atomic E-state index is -3.33.